The summed E-state index contributed by atoms with van der Waals surface area (Å²) in [6, 6.07) is 0. The van der Waals surface area contributed by atoms with Gasteiger partial charge in [-0.25, -0.2) is 0 Å². The van der Waals surface area contributed by atoms with Crippen LogP contribution in [0.5, 0.6) is 0 Å². The molecule has 0 aromatic carbocycles. The van der Waals surface area contributed by atoms with Crippen molar-refractivity contribution in [3.05, 3.63) is 0 Å². The summed E-state index contributed by atoms with van der Waals surface area (Å²) >= 11 is 0. The molecule has 0 aromatic heterocycles. The molecular formula is C14H23N3O3. The van der Waals surface area contributed by atoms with Crippen LogP contribution < -0.4 is 10.6 Å². The molecule has 1 saturated carbocycles. The van der Waals surface area contributed by atoms with Crippen LogP contribution in [0.15, 0.2) is 0 Å². The third kappa shape index (κ3) is 2.94. The normalized spacial score (nSPS) is 27.8. The first kappa shape index (κ1) is 14.8. The Morgan fingerprint density at radius 1 is 1.45 bits per heavy atom. The topological polar surface area (TPSA) is 78.5 Å². The molecule has 20 heavy (non-hydrogen) atoms. The zero-order valence-electron chi connectivity index (χ0n) is 12.4. The van der Waals surface area contributed by atoms with Gasteiger partial charge in [0.05, 0.1) is 0 Å². The van der Waals surface area contributed by atoms with Crippen LogP contribution in [0.2, 0.25) is 0 Å². The van der Waals surface area contributed by atoms with Crippen LogP contribution in [0.25, 0.3) is 0 Å². The molecule has 1 aliphatic carbocycles. The lowest BCUT2D eigenvalue weighted by Gasteiger charge is -2.41. The molecule has 1 heterocycles. The van der Waals surface area contributed by atoms with E-state index in [4.69, 9.17) is 0 Å². The molecule has 2 aliphatic rings. The molecule has 1 aliphatic heterocycles. The van der Waals surface area contributed by atoms with Gasteiger partial charge in [-0.05, 0) is 26.2 Å². The Labute approximate surface area is 119 Å². The number of piperazine rings is 1. The standard InChI is InChI=1S/C14H23N3O3/c1-9-8-10(9)12(19)15-5-4-11(18)17-7-6-16-13(20)14(17,2)3/h9-10H,4-8H2,1-3H3,(H,15,19)(H,16,20). The monoisotopic (exact) mass is 281 g/mol. The van der Waals surface area contributed by atoms with E-state index in [1.54, 1.807) is 18.7 Å². The quantitative estimate of drug-likeness (QED) is 0.754. The van der Waals surface area contributed by atoms with E-state index in [1.165, 1.54) is 0 Å². The third-order valence-electron chi connectivity index (χ3n) is 4.24. The second-order valence-corrected chi connectivity index (χ2v) is 6.22. The van der Waals surface area contributed by atoms with Crippen LogP contribution in [0.3, 0.4) is 0 Å². The zero-order chi connectivity index (χ0) is 14.9. The molecular weight excluding hydrogens is 258 g/mol. The maximum atomic E-state index is 12.2. The number of amides is 3. The van der Waals surface area contributed by atoms with Crippen molar-refractivity contribution >= 4 is 17.7 Å². The third-order valence-corrected chi connectivity index (χ3v) is 4.24. The summed E-state index contributed by atoms with van der Waals surface area (Å²) in [4.78, 5) is 37.2. The number of hydrogen-bond acceptors (Lipinski definition) is 3. The summed E-state index contributed by atoms with van der Waals surface area (Å²) in [6.45, 7) is 6.87. The van der Waals surface area contributed by atoms with Gasteiger partial charge in [0.2, 0.25) is 17.7 Å². The molecule has 0 aromatic rings. The van der Waals surface area contributed by atoms with Gasteiger partial charge in [0, 0.05) is 32.0 Å². The summed E-state index contributed by atoms with van der Waals surface area (Å²) in [5.74, 6) is 0.417. The Hall–Kier alpha value is -1.59. The predicted octanol–water partition coefficient (Wildman–Crippen LogP) is -0.114. The molecule has 2 rings (SSSR count). The fraction of sp³-hybridized carbons (Fsp3) is 0.786. The molecule has 112 valence electrons. The fourth-order valence-corrected chi connectivity index (χ4v) is 2.58. The van der Waals surface area contributed by atoms with Gasteiger partial charge in [-0.2, -0.15) is 0 Å². The van der Waals surface area contributed by atoms with E-state index < -0.39 is 5.54 Å². The number of carbonyl (C=O) groups excluding carboxylic acids is 3. The van der Waals surface area contributed by atoms with Crippen LogP contribution >= 0.6 is 0 Å². The molecule has 0 radical (unpaired) electrons. The van der Waals surface area contributed by atoms with E-state index in [2.05, 4.69) is 10.6 Å². The van der Waals surface area contributed by atoms with Crippen LogP contribution in [-0.4, -0.2) is 47.8 Å². The molecule has 6 heteroatoms. The van der Waals surface area contributed by atoms with Gasteiger partial charge in [0.1, 0.15) is 5.54 Å². The fourth-order valence-electron chi connectivity index (χ4n) is 2.58. The molecule has 2 fully saturated rings. The van der Waals surface area contributed by atoms with E-state index in [-0.39, 0.29) is 30.1 Å². The Bertz CT molecular complexity index is 433. The van der Waals surface area contributed by atoms with Crippen molar-refractivity contribution in [1.29, 1.82) is 0 Å². The van der Waals surface area contributed by atoms with Crippen LogP contribution in [0.1, 0.15) is 33.6 Å². The number of nitrogens with zero attached hydrogens (tertiary/aromatic N) is 1. The molecule has 3 amide bonds. The van der Waals surface area contributed by atoms with Crippen molar-refractivity contribution in [1.82, 2.24) is 15.5 Å². The largest absolute Gasteiger partial charge is 0.355 e. The summed E-state index contributed by atoms with van der Waals surface area (Å²) < 4.78 is 0. The number of hydrogen-bond donors (Lipinski definition) is 2. The Balaban J connectivity index is 1.79. The summed E-state index contributed by atoms with van der Waals surface area (Å²) in [7, 11) is 0. The Morgan fingerprint density at radius 2 is 2.10 bits per heavy atom. The van der Waals surface area contributed by atoms with Crippen LogP contribution in [-0.2, 0) is 14.4 Å². The molecule has 2 N–H and O–H groups in total. The maximum Gasteiger partial charge on any atom is 0.245 e. The minimum atomic E-state index is -0.815. The van der Waals surface area contributed by atoms with Crippen molar-refractivity contribution in [2.24, 2.45) is 11.8 Å². The highest BCUT2D eigenvalue weighted by molar-refractivity contribution is 5.92. The van der Waals surface area contributed by atoms with Gasteiger partial charge in [-0.3, -0.25) is 14.4 Å². The van der Waals surface area contributed by atoms with Crippen LogP contribution in [0.4, 0.5) is 0 Å². The van der Waals surface area contributed by atoms with E-state index in [0.717, 1.165) is 6.42 Å². The molecule has 1 saturated heterocycles. The lowest BCUT2D eigenvalue weighted by Crippen LogP contribution is -2.63. The predicted molar refractivity (Wildman–Crippen MR) is 73.7 cm³/mol. The van der Waals surface area contributed by atoms with Gasteiger partial charge in [0.25, 0.3) is 0 Å². The highest BCUT2D eigenvalue weighted by Crippen LogP contribution is 2.37. The first-order valence-electron chi connectivity index (χ1n) is 7.20. The molecule has 2 atom stereocenters. The van der Waals surface area contributed by atoms with E-state index >= 15 is 0 Å². The highest BCUT2D eigenvalue weighted by atomic mass is 16.2. The van der Waals surface area contributed by atoms with Gasteiger partial charge >= 0.3 is 0 Å². The summed E-state index contributed by atoms with van der Waals surface area (Å²) in [5, 5.41) is 5.55. The average Bonchev–Trinajstić information content (AvgIpc) is 3.09. The van der Waals surface area contributed by atoms with Crippen LogP contribution in [0, 0.1) is 11.8 Å². The van der Waals surface area contributed by atoms with E-state index in [9.17, 15) is 14.4 Å². The lowest BCUT2D eigenvalue weighted by atomic mass is 9.98. The van der Waals surface area contributed by atoms with Gasteiger partial charge in [-0.15, -0.1) is 0 Å². The van der Waals surface area contributed by atoms with Crippen molar-refractivity contribution in [3.63, 3.8) is 0 Å². The number of rotatable bonds is 4. The average molecular weight is 281 g/mol. The summed E-state index contributed by atoms with van der Waals surface area (Å²) in [5.41, 5.74) is -0.815. The minimum absolute atomic E-state index is 0.0425. The van der Waals surface area contributed by atoms with Crippen molar-refractivity contribution < 1.29 is 14.4 Å². The van der Waals surface area contributed by atoms with Gasteiger partial charge < -0.3 is 15.5 Å². The highest BCUT2D eigenvalue weighted by Gasteiger charge is 2.41. The Kier molecular flexibility index (Phi) is 4.01. The second-order valence-electron chi connectivity index (χ2n) is 6.22. The number of nitrogens with one attached hydrogen (secondary N) is 2. The number of carbonyl (C=O) groups is 3. The van der Waals surface area contributed by atoms with Crippen molar-refractivity contribution in [3.8, 4) is 0 Å². The van der Waals surface area contributed by atoms with Gasteiger partial charge in [-0.1, -0.05) is 6.92 Å². The lowest BCUT2D eigenvalue weighted by molar-refractivity contribution is -0.149. The first-order chi connectivity index (χ1) is 9.34. The molecule has 6 nitrogen and oxygen atoms in total. The van der Waals surface area contributed by atoms with Gasteiger partial charge in [0.15, 0.2) is 0 Å². The minimum Gasteiger partial charge on any atom is -0.355 e. The summed E-state index contributed by atoms with van der Waals surface area (Å²) in [6.07, 6.45) is 1.18. The van der Waals surface area contributed by atoms with E-state index in [0.29, 0.717) is 25.6 Å². The van der Waals surface area contributed by atoms with Crippen molar-refractivity contribution in [2.45, 2.75) is 39.2 Å². The van der Waals surface area contributed by atoms with Crippen molar-refractivity contribution in [2.75, 3.05) is 19.6 Å². The first-order valence-corrected chi connectivity index (χ1v) is 7.20. The smallest absolute Gasteiger partial charge is 0.245 e. The Morgan fingerprint density at radius 3 is 2.70 bits per heavy atom. The molecule has 2 unspecified atom stereocenters. The molecule has 0 bridgehead atoms. The second kappa shape index (κ2) is 5.42. The zero-order valence-corrected chi connectivity index (χ0v) is 12.4. The maximum absolute atomic E-state index is 12.2. The van der Waals surface area contributed by atoms with E-state index in [1.807, 2.05) is 6.92 Å². The SMILES string of the molecule is CC1CC1C(=O)NCCC(=O)N1CCNC(=O)C1(C)C. The molecule has 0 spiro atoms.